The first-order chi connectivity index (χ1) is 8.50. The summed E-state index contributed by atoms with van der Waals surface area (Å²) in [6.45, 7) is 4.23. The molecule has 2 atom stereocenters. The van der Waals surface area contributed by atoms with Gasteiger partial charge in [-0.3, -0.25) is 4.79 Å². The fraction of sp³-hybridized carbons (Fsp3) is 0.500. The highest BCUT2D eigenvalue weighted by Gasteiger charge is 2.30. The van der Waals surface area contributed by atoms with E-state index in [0.29, 0.717) is 22.7 Å². The molecule has 0 spiro atoms. The summed E-state index contributed by atoms with van der Waals surface area (Å²) in [6.07, 6.45) is 3.35. The molecular weight excluding hydrogens is 314 g/mol. The third-order valence-electron chi connectivity index (χ3n) is 3.59. The average molecular weight is 331 g/mol. The molecule has 1 fully saturated rings. The van der Waals surface area contributed by atoms with Crippen molar-refractivity contribution in [3.63, 3.8) is 0 Å². The number of benzene rings is 1. The molecule has 4 heteroatoms. The van der Waals surface area contributed by atoms with Crippen LogP contribution in [-0.2, 0) is 0 Å². The number of hydrogen-bond acceptors (Lipinski definition) is 1. The van der Waals surface area contributed by atoms with E-state index in [4.69, 9.17) is 11.6 Å². The van der Waals surface area contributed by atoms with Crippen LogP contribution in [0.5, 0.6) is 0 Å². The summed E-state index contributed by atoms with van der Waals surface area (Å²) in [6, 6.07) is 5.95. The SMILES string of the molecule is C[C@@H]1CCC[C@H](C)N1C(=O)c1cc(Cl)ccc1Br. The Balaban J connectivity index is 2.32. The largest absolute Gasteiger partial charge is 0.333 e. The standard InChI is InChI=1S/C14H17BrClNO/c1-9-4-3-5-10(2)17(9)14(18)12-8-11(16)6-7-13(12)15/h6-10H,3-5H2,1-2H3/t9-,10+. The molecule has 2 rings (SSSR count). The van der Waals surface area contributed by atoms with E-state index in [1.807, 2.05) is 11.0 Å². The molecule has 1 aliphatic rings. The lowest BCUT2D eigenvalue weighted by Crippen LogP contribution is -2.47. The van der Waals surface area contributed by atoms with Crippen molar-refractivity contribution in [2.75, 3.05) is 0 Å². The first-order valence-electron chi connectivity index (χ1n) is 6.28. The quantitative estimate of drug-likeness (QED) is 0.742. The van der Waals surface area contributed by atoms with Gasteiger partial charge in [0, 0.05) is 21.6 Å². The van der Waals surface area contributed by atoms with Gasteiger partial charge in [0.1, 0.15) is 0 Å². The van der Waals surface area contributed by atoms with Crippen LogP contribution in [0.3, 0.4) is 0 Å². The summed E-state index contributed by atoms with van der Waals surface area (Å²) >= 11 is 9.41. The number of hydrogen-bond donors (Lipinski definition) is 0. The van der Waals surface area contributed by atoms with E-state index in [0.717, 1.165) is 17.3 Å². The zero-order valence-corrected chi connectivity index (χ0v) is 13.0. The van der Waals surface area contributed by atoms with Crippen molar-refractivity contribution in [3.8, 4) is 0 Å². The Morgan fingerprint density at radius 3 is 2.56 bits per heavy atom. The van der Waals surface area contributed by atoms with Crippen LogP contribution in [0.2, 0.25) is 5.02 Å². The first kappa shape index (κ1) is 13.9. The monoisotopic (exact) mass is 329 g/mol. The number of piperidine rings is 1. The highest BCUT2D eigenvalue weighted by molar-refractivity contribution is 9.10. The summed E-state index contributed by atoms with van der Waals surface area (Å²) in [4.78, 5) is 14.6. The number of amides is 1. The molecule has 1 aromatic carbocycles. The molecule has 0 aliphatic carbocycles. The molecule has 2 nitrogen and oxygen atoms in total. The van der Waals surface area contributed by atoms with Crippen LogP contribution in [0.25, 0.3) is 0 Å². The molecule has 1 saturated heterocycles. The van der Waals surface area contributed by atoms with E-state index in [9.17, 15) is 4.79 Å². The van der Waals surface area contributed by atoms with Crippen LogP contribution in [0.1, 0.15) is 43.5 Å². The smallest absolute Gasteiger partial charge is 0.255 e. The van der Waals surface area contributed by atoms with E-state index < -0.39 is 0 Å². The molecule has 1 aromatic rings. The average Bonchev–Trinajstić information content (AvgIpc) is 2.32. The molecule has 18 heavy (non-hydrogen) atoms. The third-order valence-corrected chi connectivity index (χ3v) is 4.51. The van der Waals surface area contributed by atoms with Gasteiger partial charge in [0.25, 0.3) is 5.91 Å². The fourth-order valence-electron chi connectivity index (χ4n) is 2.62. The lowest BCUT2D eigenvalue weighted by molar-refractivity contribution is 0.0510. The van der Waals surface area contributed by atoms with Gasteiger partial charge < -0.3 is 4.90 Å². The Labute approximate surface area is 121 Å². The molecule has 0 saturated carbocycles. The van der Waals surface area contributed by atoms with Crippen LogP contribution in [0, 0.1) is 0 Å². The highest BCUT2D eigenvalue weighted by atomic mass is 79.9. The third kappa shape index (κ3) is 2.72. The van der Waals surface area contributed by atoms with Gasteiger partial charge in [-0.2, -0.15) is 0 Å². The molecule has 1 aliphatic heterocycles. The maximum absolute atomic E-state index is 12.6. The van der Waals surface area contributed by atoms with E-state index >= 15 is 0 Å². The van der Waals surface area contributed by atoms with Crippen LogP contribution in [0.15, 0.2) is 22.7 Å². The van der Waals surface area contributed by atoms with Gasteiger partial charge in [0.2, 0.25) is 0 Å². The normalized spacial score (nSPS) is 24.1. The van der Waals surface area contributed by atoms with Crippen molar-refractivity contribution in [1.82, 2.24) is 4.90 Å². The van der Waals surface area contributed by atoms with Crippen molar-refractivity contribution in [1.29, 1.82) is 0 Å². The second-order valence-corrected chi connectivity index (χ2v) is 6.26. The minimum absolute atomic E-state index is 0.0732. The Morgan fingerprint density at radius 2 is 1.94 bits per heavy atom. The van der Waals surface area contributed by atoms with Crippen molar-refractivity contribution < 1.29 is 4.79 Å². The van der Waals surface area contributed by atoms with Crippen LogP contribution < -0.4 is 0 Å². The number of halogens is 2. The van der Waals surface area contributed by atoms with Crippen molar-refractivity contribution >= 4 is 33.4 Å². The van der Waals surface area contributed by atoms with Gasteiger partial charge in [-0.25, -0.2) is 0 Å². The van der Waals surface area contributed by atoms with Gasteiger partial charge in [-0.1, -0.05) is 11.6 Å². The zero-order valence-electron chi connectivity index (χ0n) is 10.6. The number of carbonyl (C=O) groups is 1. The number of carbonyl (C=O) groups excluding carboxylic acids is 1. The Hall–Kier alpha value is -0.540. The summed E-state index contributed by atoms with van der Waals surface area (Å²) in [5, 5.41) is 0.596. The first-order valence-corrected chi connectivity index (χ1v) is 7.45. The van der Waals surface area contributed by atoms with E-state index in [2.05, 4.69) is 29.8 Å². The summed E-state index contributed by atoms with van der Waals surface area (Å²) in [5.41, 5.74) is 0.656. The summed E-state index contributed by atoms with van der Waals surface area (Å²) in [5.74, 6) is 0.0732. The molecule has 98 valence electrons. The predicted molar refractivity (Wildman–Crippen MR) is 78.1 cm³/mol. The van der Waals surface area contributed by atoms with Crippen LogP contribution in [0.4, 0.5) is 0 Å². The molecule has 1 amide bonds. The van der Waals surface area contributed by atoms with Crippen LogP contribution >= 0.6 is 27.5 Å². The molecule has 0 N–H and O–H groups in total. The Morgan fingerprint density at radius 1 is 1.33 bits per heavy atom. The fourth-order valence-corrected chi connectivity index (χ4v) is 3.21. The summed E-state index contributed by atoms with van der Waals surface area (Å²) < 4.78 is 0.807. The minimum atomic E-state index is 0.0732. The van der Waals surface area contributed by atoms with Crippen molar-refractivity contribution in [3.05, 3.63) is 33.3 Å². The second kappa shape index (κ2) is 5.62. The maximum atomic E-state index is 12.6. The molecule has 0 radical (unpaired) electrons. The van der Waals surface area contributed by atoms with Crippen molar-refractivity contribution in [2.45, 2.75) is 45.2 Å². The zero-order chi connectivity index (χ0) is 13.3. The Kier molecular flexibility index (Phi) is 4.33. The van der Waals surface area contributed by atoms with Crippen LogP contribution in [-0.4, -0.2) is 22.9 Å². The lowest BCUT2D eigenvalue weighted by Gasteiger charge is -2.39. The lowest BCUT2D eigenvalue weighted by atomic mass is 9.96. The molecule has 0 unspecified atom stereocenters. The molecule has 0 aromatic heterocycles. The molecule has 0 bridgehead atoms. The van der Waals surface area contributed by atoms with Gasteiger partial charge >= 0.3 is 0 Å². The van der Waals surface area contributed by atoms with E-state index in [-0.39, 0.29) is 5.91 Å². The van der Waals surface area contributed by atoms with Crippen molar-refractivity contribution in [2.24, 2.45) is 0 Å². The second-order valence-electron chi connectivity index (χ2n) is 4.97. The number of nitrogens with zero attached hydrogens (tertiary/aromatic N) is 1. The number of likely N-dealkylation sites (tertiary alicyclic amines) is 1. The maximum Gasteiger partial charge on any atom is 0.255 e. The van der Waals surface area contributed by atoms with E-state index in [1.165, 1.54) is 6.42 Å². The van der Waals surface area contributed by atoms with Gasteiger partial charge in [0.05, 0.1) is 5.56 Å². The topological polar surface area (TPSA) is 20.3 Å². The predicted octanol–water partition coefficient (Wildman–Crippen LogP) is 4.51. The minimum Gasteiger partial charge on any atom is -0.333 e. The van der Waals surface area contributed by atoms with Gasteiger partial charge in [-0.15, -0.1) is 0 Å². The van der Waals surface area contributed by atoms with Gasteiger partial charge in [0.15, 0.2) is 0 Å². The van der Waals surface area contributed by atoms with E-state index in [1.54, 1.807) is 12.1 Å². The summed E-state index contributed by atoms with van der Waals surface area (Å²) in [7, 11) is 0. The molecular formula is C14H17BrClNO. The molecule has 1 heterocycles. The number of rotatable bonds is 1. The highest BCUT2D eigenvalue weighted by Crippen LogP contribution is 2.28. The van der Waals surface area contributed by atoms with Gasteiger partial charge in [-0.05, 0) is 67.2 Å². The Bertz CT molecular complexity index is 453.